The molecule has 0 saturated carbocycles. The third-order valence-corrected chi connectivity index (χ3v) is 5.28. The van der Waals surface area contributed by atoms with Crippen LogP contribution >= 0.6 is 11.8 Å². The molecule has 0 unspecified atom stereocenters. The molecule has 6 heteroatoms. The summed E-state index contributed by atoms with van der Waals surface area (Å²) < 4.78 is 11.1. The first-order valence-electron chi connectivity index (χ1n) is 8.65. The summed E-state index contributed by atoms with van der Waals surface area (Å²) in [5, 5.41) is 0.666. The van der Waals surface area contributed by atoms with Crippen molar-refractivity contribution >= 4 is 28.8 Å². The Morgan fingerprint density at radius 3 is 2.69 bits per heavy atom. The second-order valence-electron chi connectivity index (χ2n) is 6.34. The normalized spacial score (nSPS) is 14.7. The van der Waals surface area contributed by atoms with Crippen molar-refractivity contribution in [1.29, 1.82) is 0 Å². The number of thioether (sulfide) groups is 1. The van der Waals surface area contributed by atoms with Crippen molar-refractivity contribution in [2.24, 2.45) is 0 Å². The van der Waals surface area contributed by atoms with E-state index in [0.29, 0.717) is 31.5 Å². The number of nitrogens with zero attached hydrogens (tertiary/aromatic N) is 2. The van der Waals surface area contributed by atoms with Gasteiger partial charge in [0.05, 0.1) is 13.2 Å². The molecule has 0 radical (unpaired) electrons. The van der Waals surface area contributed by atoms with Crippen molar-refractivity contribution < 1.29 is 13.9 Å². The van der Waals surface area contributed by atoms with Gasteiger partial charge in [0.1, 0.15) is 5.52 Å². The lowest BCUT2D eigenvalue weighted by atomic mass is 10.1. The van der Waals surface area contributed by atoms with Gasteiger partial charge in [-0.1, -0.05) is 30.0 Å². The standard InChI is InChI=1S/C20H20N2O3S/c1-14-2-7-18-17(12-14)21-20(25-18)26-13-15-3-5-16(6-4-15)19(23)22-8-10-24-11-9-22/h2-7,12H,8-11,13H2,1H3. The Balaban J connectivity index is 1.39. The van der Waals surface area contributed by atoms with Crippen LogP contribution in [0.25, 0.3) is 11.1 Å². The number of hydrogen-bond donors (Lipinski definition) is 0. The van der Waals surface area contributed by atoms with Gasteiger partial charge in [0.15, 0.2) is 5.58 Å². The minimum atomic E-state index is 0.0711. The van der Waals surface area contributed by atoms with E-state index in [9.17, 15) is 4.79 Å². The Morgan fingerprint density at radius 1 is 1.15 bits per heavy atom. The second kappa shape index (κ2) is 7.51. The molecule has 4 rings (SSSR count). The maximum absolute atomic E-state index is 12.5. The summed E-state index contributed by atoms with van der Waals surface area (Å²) in [6.45, 7) is 4.59. The predicted octanol–water partition coefficient (Wildman–Crippen LogP) is 3.90. The average molecular weight is 368 g/mol. The first kappa shape index (κ1) is 17.1. The van der Waals surface area contributed by atoms with E-state index in [1.54, 1.807) is 11.8 Å². The quantitative estimate of drug-likeness (QED) is 0.654. The van der Waals surface area contributed by atoms with Crippen LogP contribution in [0.5, 0.6) is 0 Å². The Morgan fingerprint density at radius 2 is 1.92 bits per heavy atom. The molecule has 26 heavy (non-hydrogen) atoms. The van der Waals surface area contributed by atoms with E-state index in [1.807, 2.05) is 54.3 Å². The predicted molar refractivity (Wildman–Crippen MR) is 101 cm³/mol. The summed E-state index contributed by atoms with van der Waals surface area (Å²) in [5.74, 6) is 0.819. The third-order valence-electron chi connectivity index (χ3n) is 4.38. The highest BCUT2D eigenvalue weighted by Gasteiger charge is 2.18. The van der Waals surface area contributed by atoms with Crippen LogP contribution in [0.4, 0.5) is 0 Å². The van der Waals surface area contributed by atoms with Gasteiger partial charge in [-0.3, -0.25) is 4.79 Å². The smallest absolute Gasteiger partial charge is 0.257 e. The maximum Gasteiger partial charge on any atom is 0.257 e. The lowest BCUT2D eigenvalue weighted by Crippen LogP contribution is -2.40. The number of amides is 1. The highest BCUT2D eigenvalue weighted by molar-refractivity contribution is 7.98. The number of carbonyl (C=O) groups excluding carboxylic acids is 1. The number of hydrogen-bond acceptors (Lipinski definition) is 5. The maximum atomic E-state index is 12.5. The molecule has 134 valence electrons. The molecular formula is C20H20N2O3S. The average Bonchev–Trinajstić information content (AvgIpc) is 3.09. The largest absolute Gasteiger partial charge is 0.431 e. The van der Waals surface area contributed by atoms with E-state index >= 15 is 0 Å². The fourth-order valence-corrected chi connectivity index (χ4v) is 3.71. The Kier molecular flexibility index (Phi) is 4.95. The lowest BCUT2D eigenvalue weighted by molar-refractivity contribution is 0.0303. The van der Waals surface area contributed by atoms with Crippen LogP contribution in [0, 0.1) is 6.92 Å². The molecule has 0 aliphatic carbocycles. The molecule has 1 aliphatic rings. The third kappa shape index (κ3) is 3.76. The van der Waals surface area contributed by atoms with Gasteiger partial charge in [0, 0.05) is 24.4 Å². The van der Waals surface area contributed by atoms with Gasteiger partial charge >= 0.3 is 0 Å². The van der Waals surface area contributed by atoms with Crippen LogP contribution in [0.3, 0.4) is 0 Å². The molecular weight excluding hydrogens is 348 g/mol. The zero-order valence-corrected chi connectivity index (χ0v) is 15.4. The Hall–Kier alpha value is -2.31. The van der Waals surface area contributed by atoms with Crippen molar-refractivity contribution in [3.05, 3.63) is 59.2 Å². The number of rotatable bonds is 4. The fourth-order valence-electron chi connectivity index (χ4n) is 2.92. The van der Waals surface area contributed by atoms with E-state index in [0.717, 1.165) is 28.0 Å². The summed E-state index contributed by atoms with van der Waals surface area (Å²) in [4.78, 5) is 18.8. The van der Waals surface area contributed by atoms with Gasteiger partial charge in [-0.2, -0.15) is 0 Å². The van der Waals surface area contributed by atoms with E-state index < -0.39 is 0 Å². The van der Waals surface area contributed by atoms with Crippen LogP contribution in [-0.4, -0.2) is 42.1 Å². The number of ether oxygens (including phenoxy) is 1. The van der Waals surface area contributed by atoms with E-state index in [2.05, 4.69) is 4.98 Å². The first-order chi connectivity index (χ1) is 12.7. The molecule has 1 amide bonds. The van der Waals surface area contributed by atoms with Crippen LogP contribution in [0.2, 0.25) is 0 Å². The molecule has 2 aromatic carbocycles. The van der Waals surface area contributed by atoms with Crippen LogP contribution in [0.1, 0.15) is 21.5 Å². The minimum absolute atomic E-state index is 0.0711. The van der Waals surface area contributed by atoms with Crippen LogP contribution in [-0.2, 0) is 10.5 Å². The lowest BCUT2D eigenvalue weighted by Gasteiger charge is -2.26. The number of fused-ring (bicyclic) bond motifs is 1. The monoisotopic (exact) mass is 368 g/mol. The number of benzene rings is 2. The van der Waals surface area contributed by atoms with Gasteiger partial charge in [0.25, 0.3) is 11.1 Å². The number of carbonyl (C=O) groups is 1. The molecule has 3 aromatic rings. The zero-order chi connectivity index (χ0) is 17.9. The first-order valence-corrected chi connectivity index (χ1v) is 9.63. The molecule has 0 spiro atoms. The van der Waals surface area contributed by atoms with Crippen molar-refractivity contribution in [3.8, 4) is 0 Å². The molecule has 0 N–H and O–H groups in total. The van der Waals surface area contributed by atoms with Crippen molar-refractivity contribution in [2.45, 2.75) is 17.9 Å². The highest BCUT2D eigenvalue weighted by atomic mass is 32.2. The molecule has 1 aliphatic heterocycles. The summed E-state index contributed by atoms with van der Waals surface area (Å²) in [6, 6.07) is 13.8. The summed E-state index contributed by atoms with van der Waals surface area (Å²) in [7, 11) is 0. The molecule has 1 fully saturated rings. The molecule has 1 saturated heterocycles. The Labute approximate surface area is 156 Å². The zero-order valence-electron chi connectivity index (χ0n) is 14.6. The minimum Gasteiger partial charge on any atom is -0.431 e. The summed E-state index contributed by atoms with van der Waals surface area (Å²) in [5.41, 5.74) is 4.72. The van der Waals surface area contributed by atoms with Crippen LogP contribution in [0.15, 0.2) is 52.1 Å². The van der Waals surface area contributed by atoms with Crippen molar-refractivity contribution in [2.75, 3.05) is 26.3 Å². The topological polar surface area (TPSA) is 55.6 Å². The van der Waals surface area contributed by atoms with Crippen molar-refractivity contribution in [3.63, 3.8) is 0 Å². The van der Waals surface area contributed by atoms with Gasteiger partial charge in [-0.05, 0) is 42.3 Å². The van der Waals surface area contributed by atoms with Gasteiger partial charge < -0.3 is 14.1 Å². The number of oxazole rings is 1. The van der Waals surface area contributed by atoms with Gasteiger partial charge in [-0.15, -0.1) is 0 Å². The highest BCUT2D eigenvalue weighted by Crippen LogP contribution is 2.27. The molecule has 0 atom stereocenters. The molecule has 5 nitrogen and oxygen atoms in total. The van der Waals surface area contributed by atoms with Crippen molar-refractivity contribution in [1.82, 2.24) is 9.88 Å². The fraction of sp³-hybridized carbons (Fsp3) is 0.300. The molecule has 0 bridgehead atoms. The van der Waals surface area contributed by atoms with E-state index in [4.69, 9.17) is 9.15 Å². The van der Waals surface area contributed by atoms with Gasteiger partial charge in [-0.25, -0.2) is 4.98 Å². The SMILES string of the molecule is Cc1ccc2oc(SCc3ccc(C(=O)N4CCOCC4)cc3)nc2c1. The summed E-state index contributed by atoms with van der Waals surface area (Å²) in [6.07, 6.45) is 0. The summed E-state index contributed by atoms with van der Waals surface area (Å²) >= 11 is 1.56. The number of morpholine rings is 1. The van der Waals surface area contributed by atoms with E-state index in [1.165, 1.54) is 5.56 Å². The van der Waals surface area contributed by atoms with Crippen LogP contribution < -0.4 is 0 Å². The van der Waals surface area contributed by atoms with Gasteiger partial charge in [0.2, 0.25) is 0 Å². The Bertz CT molecular complexity index is 914. The molecule has 1 aromatic heterocycles. The number of aryl methyl sites for hydroxylation is 1. The van der Waals surface area contributed by atoms with E-state index in [-0.39, 0.29) is 5.91 Å². The second-order valence-corrected chi connectivity index (χ2v) is 7.27. The molecule has 2 heterocycles. The number of aromatic nitrogens is 1.